The number of halogens is 1. The van der Waals surface area contributed by atoms with Gasteiger partial charge in [-0.25, -0.2) is 0 Å². The molecular formula is C11H13BrO3. The van der Waals surface area contributed by atoms with Gasteiger partial charge in [0.1, 0.15) is 5.75 Å². The van der Waals surface area contributed by atoms with Crippen molar-refractivity contribution in [3.05, 3.63) is 27.7 Å². The molecule has 0 heterocycles. The molecule has 0 saturated carbocycles. The number of carboxylic acids is 1. The number of hydrogen-bond acceptors (Lipinski definition) is 2. The van der Waals surface area contributed by atoms with Gasteiger partial charge in [0, 0.05) is 4.47 Å². The average Bonchev–Trinajstić information content (AvgIpc) is 2.13. The molecule has 1 aromatic carbocycles. The maximum Gasteiger partial charge on any atom is 0.306 e. The largest absolute Gasteiger partial charge is 0.508 e. The minimum Gasteiger partial charge on any atom is -0.508 e. The lowest BCUT2D eigenvalue weighted by molar-refractivity contribution is -0.141. The van der Waals surface area contributed by atoms with Crippen LogP contribution in [0.15, 0.2) is 16.6 Å². The van der Waals surface area contributed by atoms with Crippen molar-refractivity contribution in [2.45, 2.75) is 20.3 Å². The van der Waals surface area contributed by atoms with Crippen LogP contribution in [0.2, 0.25) is 0 Å². The molecule has 2 N–H and O–H groups in total. The van der Waals surface area contributed by atoms with E-state index in [-0.39, 0.29) is 5.75 Å². The van der Waals surface area contributed by atoms with Crippen molar-refractivity contribution in [1.29, 1.82) is 0 Å². The van der Waals surface area contributed by atoms with Crippen molar-refractivity contribution in [3.8, 4) is 5.75 Å². The van der Waals surface area contributed by atoms with Crippen LogP contribution in [0.25, 0.3) is 0 Å². The van der Waals surface area contributed by atoms with E-state index in [1.165, 1.54) is 0 Å². The first kappa shape index (κ1) is 12.0. The van der Waals surface area contributed by atoms with Gasteiger partial charge in [-0.2, -0.15) is 0 Å². The van der Waals surface area contributed by atoms with Crippen molar-refractivity contribution in [2.24, 2.45) is 5.92 Å². The monoisotopic (exact) mass is 272 g/mol. The molecule has 0 bridgehead atoms. The third kappa shape index (κ3) is 2.96. The summed E-state index contributed by atoms with van der Waals surface area (Å²) < 4.78 is 0.882. The van der Waals surface area contributed by atoms with Gasteiger partial charge < -0.3 is 10.2 Å². The molecule has 0 amide bonds. The minimum atomic E-state index is -0.855. The molecule has 0 aliphatic carbocycles. The van der Waals surface area contributed by atoms with Gasteiger partial charge in [-0.3, -0.25) is 4.79 Å². The highest BCUT2D eigenvalue weighted by molar-refractivity contribution is 9.10. The van der Waals surface area contributed by atoms with Crippen LogP contribution in [0.3, 0.4) is 0 Å². The first-order valence-electron chi connectivity index (χ1n) is 4.62. The predicted molar refractivity (Wildman–Crippen MR) is 61.0 cm³/mol. The van der Waals surface area contributed by atoms with E-state index in [1.807, 2.05) is 6.92 Å². The number of aromatic hydroxyl groups is 1. The van der Waals surface area contributed by atoms with Crippen LogP contribution >= 0.6 is 15.9 Å². The second kappa shape index (κ2) is 4.66. The van der Waals surface area contributed by atoms with Gasteiger partial charge in [-0.1, -0.05) is 22.9 Å². The number of aryl methyl sites for hydroxylation is 1. The number of benzene rings is 1. The zero-order valence-electron chi connectivity index (χ0n) is 8.62. The Morgan fingerprint density at radius 3 is 2.67 bits per heavy atom. The van der Waals surface area contributed by atoms with Crippen LogP contribution in [0, 0.1) is 12.8 Å². The van der Waals surface area contributed by atoms with Gasteiger partial charge in [-0.15, -0.1) is 0 Å². The lowest BCUT2D eigenvalue weighted by Crippen LogP contribution is -2.12. The second-order valence-electron chi connectivity index (χ2n) is 3.67. The summed E-state index contributed by atoms with van der Waals surface area (Å²) in [5.41, 5.74) is 1.58. The van der Waals surface area contributed by atoms with E-state index in [9.17, 15) is 9.90 Å². The first-order valence-corrected chi connectivity index (χ1v) is 5.42. The summed E-state index contributed by atoms with van der Waals surface area (Å²) in [6.07, 6.45) is 0.333. The summed E-state index contributed by atoms with van der Waals surface area (Å²) in [4.78, 5) is 10.7. The van der Waals surface area contributed by atoms with E-state index in [1.54, 1.807) is 19.1 Å². The highest BCUT2D eigenvalue weighted by Crippen LogP contribution is 2.27. The highest BCUT2D eigenvalue weighted by Gasteiger charge is 2.14. The van der Waals surface area contributed by atoms with Crippen LogP contribution < -0.4 is 0 Å². The standard InChI is InChI=1S/C11H13BrO3/c1-6-4-10(13)8(5-9(6)12)3-7(2)11(14)15/h4-5,7,13H,3H2,1-2H3,(H,14,15). The Bertz CT molecular complexity index is 388. The SMILES string of the molecule is Cc1cc(O)c(CC(C)C(=O)O)cc1Br. The molecular weight excluding hydrogens is 260 g/mol. The number of phenols is 1. The zero-order valence-corrected chi connectivity index (χ0v) is 10.2. The second-order valence-corrected chi connectivity index (χ2v) is 4.53. The molecule has 1 unspecified atom stereocenters. The number of carboxylic acid groups (broad SMARTS) is 1. The Morgan fingerprint density at radius 1 is 1.53 bits per heavy atom. The van der Waals surface area contributed by atoms with Gasteiger partial charge in [-0.05, 0) is 36.6 Å². The number of phenolic OH excluding ortho intramolecular Hbond substituents is 1. The maximum atomic E-state index is 10.7. The Kier molecular flexibility index (Phi) is 3.74. The predicted octanol–water partition coefficient (Wildman–Crippen LogP) is 2.73. The van der Waals surface area contributed by atoms with Crippen LogP contribution in [0.1, 0.15) is 18.1 Å². The van der Waals surface area contributed by atoms with Crippen molar-refractivity contribution in [1.82, 2.24) is 0 Å². The fourth-order valence-corrected chi connectivity index (χ4v) is 1.68. The van der Waals surface area contributed by atoms with E-state index in [4.69, 9.17) is 5.11 Å². The number of aliphatic carboxylic acids is 1. The molecule has 15 heavy (non-hydrogen) atoms. The molecule has 1 rings (SSSR count). The smallest absolute Gasteiger partial charge is 0.306 e. The van der Waals surface area contributed by atoms with E-state index in [0.717, 1.165) is 10.0 Å². The Balaban J connectivity index is 2.95. The Morgan fingerprint density at radius 2 is 2.13 bits per heavy atom. The third-order valence-corrected chi connectivity index (χ3v) is 3.16. The van der Waals surface area contributed by atoms with Gasteiger partial charge >= 0.3 is 5.97 Å². The van der Waals surface area contributed by atoms with Crippen LogP contribution in [0.5, 0.6) is 5.75 Å². The third-order valence-electron chi connectivity index (χ3n) is 2.31. The van der Waals surface area contributed by atoms with E-state index in [0.29, 0.717) is 12.0 Å². The molecule has 4 heteroatoms. The lowest BCUT2D eigenvalue weighted by atomic mass is 9.99. The topological polar surface area (TPSA) is 57.5 Å². The molecule has 3 nitrogen and oxygen atoms in total. The Labute approximate surface area is 96.9 Å². The number of rotatable bonds is 3. The summed E-state index contributed by atoms with van der Waals surface area (Å²) in [6, 6.07) is 3.40. The zero-order chi connectivity index (χ0) is 11.6. The summed E-state index contributed by atoms with van der Waals surface area (Å²) in [5.74, 6) is -1.19. The molecule has 1 atom stereocenters. The molecule has 0 fully saturated rings. The van der Waals surface area contributed by atoms with Gasteiger partial charge in [0.15, 0.2) is 0 Å². The summed E-state index contributed by atoms with van der Waals surface area (Å²) >= 11 is 3.35. The molecule has 0 aliphatic rings. The average molecular weight is 273 g/mol. The van der Waals surface area contributed by atoms with Crippen LogP contribution in [0.4, 0.5) is 0 Å². The molecule has 0 radical (unpaired) electrons. The van der Waals surface area contributed by atoms with Crippen LogP contribution in [-0.2, 0) is 11.2 Å². The van der Waals surface area contributed by atoms with E-state index >= 15 is 0 Å². The number of hydrogen-bond donors (Lipinski definition) is 2. The fraction of sp³-hybridized carbons (Fsp3) is 0.364. The maximum absolute atomic E-state index is 10.7. The van der Waals surface area contributed by atoms with Crippen molar-refractivity contribution < 1.29 is 15.0 Å². The minimum absolute atomic E-state index is 0.156. The van der Waals surface area contributed by atoms with Gasteiger partial charge in [0.2, 0.25) is 0 Å². The molecule has 1 aromatic rings. The molecule has 0 saturated heterocycles. The van der Waals surface area contributed by atoms with Gasteiger partial charge in [0.25, 0.3) is 0 Å². The molecule has 82 valence electrons. The quantitative estimate of drug-likeness (QED) is 0.890. The summed E-state index contributed by atoms with van der Waals surface area (Å²) in [6.45, 7) is 3.49. The summed E-state index contributed by atoms with van der Waals surface area (Å²) in [5, 5.41) is 18.4. The fourth-order valence-electron chi connectivity index (χ4n) is 1.29. The molecule has 0 aromatic heterocycles. The van der Waals surface area contributed by atoms with Gasteiger partial charge in [0.05, 0.1) is 5.92 Å². The van der Waals surface area contributed by atoms with Crippen LogP contribution in [-0.4, -0.2) is 16.2 Å². The molecule has 0 spiro atoms. The van der Waals surface area contributed by atoms with E-state index < -0.39 is 11.9 Å². The number of carbonyl (C=O) groups is 1. The van der Waals surface area contributed by atoms with Crippen molar-refractivity contribution >= 4 is 21.9 Å². The first-order chi connectivity index (χ1) is 6.91. The highest BCUT2D eigenvalue weighted by atomic mass is 79.9. The molecule has 0 aliphatic heterocycles. The Hall–Kier alpha value is -1.03. The van der Waals surface area contributed by atoms with Crippen molar-refractivity contribution in [3.63, 3.8) is 0 Å². The lowest BCUT2D eigenvalue weighted by Gasteiger charge is -2.10. The summed E-state index contributed by atoms with van der Waals surface area (Å²) in [7, 11) is 0. The normalized spacial score (nSPS) is 12.5. The van der Waals surface area contributed by atoms with Crippen molar-refractivity contribution in [2.75, 3.05) is 0 Å². The van der Waals surface area contributed by atoms with E-state index in [2.05, 4.69) is 15.9 Å².